The first-order valence-electron chi connectivity index (χ1n) is 8.29. The number of nitrogens with zero attached hydrogens (tertiary/aromatic N) is 2. The zero-order chi connectivity index (χ0) is 18.4. The minimum Gasteiger partial charge on any atom is -0.496 e. The molecule has 0 bridgehead atoms. The van der Waals surface area contributed by atoms with Crippen LogP contribution in [-0.2, 0) is 17.6 Å². The van der Waals surface area contributed by atoms with Crippen LogP contribution in [0.25, 0.3) is 11.3 Å². The second-order valence-electron chi connectivity index (χ2n) is 5.80. The zero-order valence-corrected chi connectivity index (χ0v) is 14.8. The Morgan fingerprint density at radius 1 is 0.885 bits per heavy atom. The minimum atomic E-state index is 0.0687. The molecule has 26 heavy (non-hydrogen) atoms. The fraction of sp³-hybridized carbons (Fsp3) is 0.190. The average Bonchev–Trinajstić information content (AvgIpc) is 2.68. The quantitative estimate of drug-likeness (QED) is 0.654. The van der Waals surface area contributed by atoms with Gasteiger partial charge in [-0.25, -0.2) is 9.97 Å². The fourth-order valence-corrected chi connectivity index (χ4v) is 2.82. The van der Waals surface area contributed by atoms with Gasteiger partial charge in [-0.05, 0) is 24.3 Å². The Balaban J connectivity index is 1.77. The summed E-state index contributed by atoms with van der Waals surface area (Å²) in [5.74, 6) is 1.52. The number of rotatable bonds is 7. The summed E-state index contributed by atoms with van der Waals surface area (Å²) in [6, 6.07) is 17.0. The molecule has 5 heteroatoms. The van der Waals surface area contributed by atoms with Gasteiger partial charge in [0, 0.05) is 24.0 Å². The average molecular weight is 348 g/mol. The third kappa shape index (κ3) is 4.06. The summed E-state index contributed by atoms with van der Waals surface area (Å²) < 4.78 is 10.7. The van der Waals surface area contributed by atoms with Crippen LogP contribution in [0.15, 0.2) is 60.9 Å². The maximum absolute atomic E-state index is 12.5. The number of hydrogen-bond donors (Lipinski definition) is 0. The molecule has 0 aliphatic rings. The summed E-state index contributed by atoms with van der Waals surface area (Å²) in [7, 11) is 3.23. The van der Waals surface area contributed by atoms with Crippen LogP contribution in [0.4, 0.5) is 0 Å². The molecule has 0 spiro atoms. The number of para-hydroxylation sites is 2. The molecule has 3 aromatic rings. The minimum absolute atomic E-state index is 0.0687. The summed E-state index contributed by atoms with van der Waals surface area (Å²) in [6.07, 6.45) is 2.02. The molecule has 0 saturated heterocycles. The summed E-state index contributed by atoms with van der Waals surface area (Å²) in [5, 5.41) is 0. The number of aromatic nitrogens is 2. The van der Waals surface area contributed by atoms with Crippen LogP contribution < -0.4 is 9.47 Å². The van der Waals surface area contributed by atoms with Gasteiger partial charge in [-0.1, -0.05) is 30.3 Å². The van der Waals surface area contributed by atoms with Gasteiger partial charge in [-0.15, -0.1) is 0 Å². The van der Waals surface area contributed by atoms with Crippen molar-refractivity contribution in [3.05, 3.63) is 72.2 Å². The Morgan fingerprint density at radius 3 is 2.35 bits per heavy atom. The van der Waals surface area contributed by atoms with E-state index in [0.29, 0.717) is 12.1 Å². The molecule has 0 atom stereocenters. The predicted molar refractivity (Wildman–Crippen MR) is 99.4 cm³/mol. The number of carbonyl (C=O) groups excluding carboxylic acids is 1. The molecule has 0 fully saturated rings. The number of hydrogen-bond acceptors (Lipinski definition) is 5. The Morgan fingerprint density at radius 2 is 1.58 bits per heavy atom. The van der Waals surface area contributed by atoms with E-state index in [4.69, 9.17) is 9.47 Å². The van der Waals surface area contributed by atoms with Gasteiger partial charge in [0.15, 0.2) is 0 Å². The van der Waals surface area contributed by atoms with Crippen LogP contribution >= 0.6 is 0 Å². The molecule has 0 aliphatic carbocycles. The largest absolute Gasteiger partial charge is 0.496 e. The van der Waals surface area contributed by atoms with E-state index < -0.39 is 0 Å². The van der Waals surface area contributed by atoms with Gasteiger partial charge in [-0.3, -0.25) is 4.79 Å². The van der Waals surface area contributed by atoms with Crippen molar-refractivity contribution in [2.45, 2.75) is 12.8 Å². The van der Waals surface area contributed by atoms with E-state index in [2.05, 4.69) is 9.97 Å². The zero-order valence-electron chi connectivity index (χ0n) is 14.8. The molecular weight excluding hydrogens is 328 g/mol. The third-order valence-corrected chi connectivity index (χ3v) is 4.07. The highest BCUT2D eigenvalue weighted by molar-refractivity contribution is 5.83. The summed E-state index contributed by atoms with van der Waals surface area (Å²) in [6.45, 7) is 0. The fourth-order valence-electron chi connectivity index (χ4n) is 2.82. The van der Waals surface area contributed by atoms with Crippen LogP contribution in [0.2, 0.25) is 0 Å². The van der Waals surface area contributed by atoms with Crippen molar-refractivity contribution in [1.29, 1.82) is 0 Å². The monoisotopic (exact) mass is 348 g/mol. The van der Waals surface area contributed by atoms with Crippen molar-refractivity contribution in [3.63, 3.8) is 0 Å². The molecule has 0 radical (unpaired) electrons. The van der Waals surface area contributed by atoms with E-state index in [-0.39, 0.29) is 12.2 Å². The lowest BCUT2D eigenvalue weighted by molar-refractivity contribution is -0.117. The Hall–Kier alpha value is -3.21. The number of ether oxygens (including phenoxy) is 2. The molecular formula is C21H20N2O3. The second-order valence-corrected chi connectivity index (χ2v) is 5.80. The summed E-state index contributed by atoms with van der Waals surface area (Å²) in [4.78, 5) is 21.0. The first kappa shape index (κ1) is 17.6. The second kappa shape index (κ2) is 8.25. The van der Waals surface area contributed by atoms with Crippen LogP contribution in [0, 0.1) is 0 Å². The van der Waals surface area contributed by atoms with Crippen LogP contribution in [0.3, 0.4) is 0 Å². The Kier molecular flexibility index (Phi) is 5.59. The summed E-state index contributed by atoms with van der Waals surface area (Å²) >= 11 is 0. The molecule has 1 aromatic heterocycles. The van der Waals surface area contributed by atoms with Crippen molar-refractivity contribution >= 4 is 5.78 Å². The van der Waals surface area contributed by atoms with E-state index in [0.717, 1.165) is 28.3 Å². The highest BCUT2D eigenvalue weighted by Gasteiger charge is 2.12. The SMILES string of the molecule is COc1ccccc1CC(=O)Cc1cc(-c2ccccc2OC)ncn1. The first-order valence-corrected chi connectivity index (χ1v) is 8.29. The van der Waals surface area contributed by atoms with E-state index >= 15 is 0 Å². The van der Waals surface area contributed by atoms with Crippen molar-refractivity contribution in [2.75, 3.05) is 14.2 Å². The number of carbonyl (C=O) groups is 1. The standard InChI is InChI=1S/C21H20N2O3/c1-25-20-9-5-3-7-15(20)11-17(24)12-16-13-19(23-14-22-16)18-8-4-6-10-21(18)26-2/h3-10,13-14H,11-12H2,1-2H3. The maximum Gasteiger partial charge on any atom is 0.143 e. The number of methoxy groups -OCH3 is 2. The van der Waals surface area contributed by atoms with Gasteiger partial charge in [-0.2, -0.15) is 0 Å². The molecule has 0 unspecified atom stereocenters. The van der Waals surface area contributed by atoms with Gasteiger partial charge in [0.1, 0.15) is 23.6 Å². The van der Waals surface area contributed by atoms with Gasteiger partial charge in [0.05, 0.1) is 25.6 Å². The third-order valence-electron chi connectivity index (χ3n) is 4.07. The van der Waals surface area contributed by atoms with E-state index in [1.54, 1.807) is 14.2 Å². The van der Waals surface area contributed by atoms with Crippen molar-refractivity contribution in [1.82, 2.24) is 9.97 Å². The van der Waals surface area contributed by atoms with E-state index in [1.807, 2.05) is 54.6 Å². The molecule has 0 amide bonds. The first-order chi connectivity index (χ1) is 12.7. The highest BCUT2D eigenvalue weighted by atomic mass is 16.5. The smallest absolute Gasteiger partial charge is 0.143 e. The lowest BCUT2D eigenvalue weighted by Crippen LogP contribution is -2.09. The van der Waals surface area contributed by atoms with Gasteiger partial charge >= 0.3 is 0 Å². The molecule has 3 rings (SSSR count). The van der Waals surface area contributed by atoms with Crippen molar-refractivity contribution in [3.8, 4) is 22.8 Å². The van der Waals surface area contributed by atoms with Crippen LogP contribution in [0.5, 0.6) is 11.5 Å². The lowest BCUT2D eigenvalue weighted by Gasteiger charge is -2.09. The Labute approximate surface area is 152 Å². The maximum atomic E-state index is 12.5. The van der Waals surface area contributed by atoms with Crippen LogP contribution in [0.1, 0.15) is 11.3 Å². The molecule has 0 saturated carbocycles. The normalized spacial score (nSPS) is 10.4. The topological polar surface area (TPSA) is 61.3 Å². The van der Waals surface area contributed by atoms with Gasteiger partial charge in [0.25, 0.3) is 0 Å². The predicted octanol–water partition coefficient (Wildman–Crippen LogP) is 3.52. The number of Topliss-reactive ketones (excluding diaryl/α,β-unsaturated/α-hetero) is 1. The molecule has 2 aromatic carbocycles. The number of benzene rings is 2. The lowest BCUT2D eigenvalue weighted by atomic mass is 10.0. The molecule has 132 valence electrons. The van der Waals surface area contributed by atoms with E-state index in [9.17, 15) is 4.79 Å². The summed E-state index contributed by atoms with van der Waals surface area (Å²) in [5.41, 5.74) is 3.16. The number of ketones is 1. The van der Waals surface area contributed by atoms with Crippen molar-refractivity contribution in [2.24, 2.45) is 0 Å². The van der Waals surface area contributed by atoms with Crippen molar-refractivity contribution < 1.29 is 14.3 Å². The van der Waals surface area contributed by atoms with Gasteiger partial charge in [0.2, 0.25) is 0 Å². The van der Waals surface area contributed by atoms with Gasteiger partial charge < -0.3 is 9.47 Å². The highest BCUT2D eigenvalue weighted by Crippen LogP contribution is 2.28. The molecule has 0 aliphatic heterocycles. The van der Waals surface area contributed by atoms with E-state index in [1.165, 1.54) is 6.33 Å². The van der Waals surface area contributed by atoms with Crippen LogP contribution in [-0.4, -0.2) is 30.0 Å². The molecule has 1 heterocycles. The molecule has 0 N–H and O–H groups in total. The molecule has 5 nitrogen and oxygen atoms in total. The Bertz CT molecular complexity index is 909.